The highest BCUT2D eigenvalue weighted by Crippen LogP contribution is 2.29. The Morgan fingerprint density at radius 3 is 2.68 bits per heavy atom. The second-order valence-corrected chi connectivity index (χ2v) is 7.67. The maximum Gasteiger partial charge on any atom is 0.249 e. The van der Waals surface area contributed by atoms with Gasteiger partial charge in [0.25, 0.3) is 0 Å². The molecule has 1 aliphatic heterocycles. The first kappa shape index (κ1) is 18.6. The van der Waals surface area contributed by atoms with E-state index in [1.54, 1.807) is 18.2 Å². The van der Waals surface area contributed by atoms with E-state index in [1.165, 1.54) is 0 Å². The first-order valence-corrected chi connectivity index (χ1v) is 9.38. The molecule has 2 heterocycles. The highest BCUT2D eigenvalue weighted by Gasteiger charge is 2.22. The second-order valence-electron chi connectivity index (χ2n) is 6.83. The van der Waals surface area contributed by atoms with E-state index in [0.29, 0.717) is 46.0 Å². The zero-order valence-electron chi connectivity index (χ0n) is 14.5. The molecule has 0 radical (unpaired) electrons. The van der Waals surface area contributed by atoms with Crippen LogP contribution < -0.4 is 0 Å². The van der Waals surface area contributed by atoms with Gasteiger partial charge < -0.3 is 9.15 Å². The summed E-state index contributed by atoms with van der Waals surface area (Å²) in [6.45, 7) is 7.78. The number of piperidine rings is 1. The summed E-state index contributed by atoms with van der Waals surface area (Å²) in [5, 5.41) is 9.34. The van der Waals surface area contributed by atoms with Crippen molar-refractivity contribution in [2.45, 2.75) is 39.3 Å². The molecule has 2 aromatic rings. The SMILES string of the molecule is CC(C)COC1CCN(Cc2nnc(-c3ccc(Cl)cc3Cl)o2)CC1. The Balaban J connectivity index is 1.54. The van der Waals surface area contributed by atoms with Crippen molar-refractivity contribution in [1.82, 2.24) is 15.1 Å². The quantitative estimate of drug-likeness (QED) is 0.724. The summed E-state index contributed by atoms with van der Waals surface area (Å²) in [4.78, 5) is 2.32. The topological polar surface area (TPSA) is 51.4 Å². The van der Waals surface area contributed by atoms with Crippen molar-refractivity contribution in [3.05, 3.63) is 34.1 Å². The zero-order valence-corrected chi connectivity index (χ0v) is 16.1. The summed E-state index contributed by atoms with van der Waals surface area (Å²) in [7, 11) is 0. The third kappa shape index (κ3) is 5.17. The summed E-state index contributed by atoms with van der Waals surface area (Å²) < 4.78 is 11.7. The number of rotatable bonds is 6. The first-order valence-electron chi connectivity index (χ1n) is 8.63. The normalized spacial score (nSPS) is 16.7. The van der Waals surface area contributed by atoms with Crippen LogP contribution in [-0.2, 0) is 11.3 Å². The van der Waals surface area contributed by atoms with Gasteiger partial charge in [-0.1, -0.05) is 37.0 Å². The summed E-state index contributed by atoms with van der Waals surface area (Å²) in [6, 6.07) is 5.22. The van der Waals surface area contributed by atoms with Crippen LogP contribution in [0.2, 0.25) is 10.0 Å². The van der Waals surface area contributed by atoms with Gasteiger partial charge in [0.05, 0.1) is 23.2 Å². The molecule has 0 unspecified atom stereocenters. The smallest absolute Gasteiger partial charge is 0.249 e. The van der Waals surface area contributed by atoms with Crippen LogP contribution in [0.15, 0.2) is 22.6 Å². The van der Waals surface area contributed by atoms with Gasteiger partial charge in [-0.2, -0.15) is 0 Å². The Hall–Kier alpha value is -1.14. The van der Waals surface area contributed by atoms with E-state index in [-0.39, 0.29) is 0 Å². The fourth-order valence-electron chi connectivity index (χ4n) is 2.84. The molecule has 0 saturated carbocycles. The number of ether oxygens (including phenoxy) is 1. The van der Waals surface area contributed by atoms with Gasteiger partial charge in [0.15, 0.2) is 0 Å². The predicted octanol–water partition coefficient (Wildman–Crippen LogP) is 4.68. The summed E-state index contributed by atoms with van der Waals surface area (Å²) >= 11 is 12.1. The lowest BCUT2D eigenvalue weighted by Crippen LogP contribution is -2.37. The molecular formula is C18H23Cl2N3O2. The molecule has 1 aromatic carbocycles. The lowest BCUT2D eigenvalue weighted by molar-refractivity contribution is -0.00709. The van der Waals surface area contributed by atoms with Gasteiger partial charge in [0, 0.05) is 24.7 Å². The highest BCUT2D eigenvalue weighted by molar-refractivity contribution is 6.36. The molecule has 1 aromatic heterocycles. The zero-order chi connectivity index (χ0) is 17.8. The third-order valence-electron chi connectivity index (χ3n) is 4.19. The average molecular weight is 384 g/mol. The molecule has 1 fully saturated rings. The fraction of sp³-hybridized carbons (Fsp3) is 0.556. The van der Waals surface area contributed by atoms with E-state index in [2.05, 4.69) is 28.9 Å². The number of hydrogen-bond donors (Lipinski definition) is 0. The molecule has 3 rings (SSSR count). The Labute approximate surface area is 158 Å². The first-order chi connectivity index (χ1) is 12.0. The van der Waals surface area contributed by atoms with Gasteiger partial charge in [-0.05, 0) is 37.0 Å². The molecule has 0 aliphatic carbocycles. The van der Waals surface area contributed by atoms with Crippen molar-refractivity contribution in [2.24, 2.45) is 5.92 Å². The Morgan fingerprint density at radius 1 is 1.24 bits per heavy atom. The number of likely N-dealkylation sites (tertiary alicyclic amines) is 1. The van der Waals surface area contributed by atoms with Crippen LogP contribution in [0.4, 0.5) is 0 Å². The number of benzene rings is 1. The Bertz CT molecular complexity index is 697. The van der Waals surface area contributed by atoms with Crippen LogP contribution in [0.3, 0.4) is 0 Å². The minimum absolute atomic E-state index is 0.366. The van der Waals surface area contributed by atoms with Crippen LogP contribution in [0.1, 0.15) is 32.6 Å². The van der Waals surface area contributed by atoms with Crippen molar-refractivity contribution in [3.63, 3.8) is 0 Å². The highest BCUT2D eigenvalue weighted by atomic mass is 35.5. The molecule has 1 aliphatic rings. The number of nitrogens with zero attached hydrogens (tertiary/aromatic N) is 3. The molecule has 7 heteroatoms. The monoisotopic (exact) mass is 383 g/mol. The molecule has 1 saturated heterocycles. The minimum Gasteiger partial charge on any atom is -0.419 e. The van der Waals surface area contributed by atoms with Crippen molar-refractivity contribution in [3.8, 4) is 11.5 Å². The largest absolute Gasteiger partial charge is 0.419 e. The lowest BCUT2D eigenvalue weighted by atomic mass is 10.1. The number of hydrogen-bond acceptors (Lipinski definition) is 5. The van der Waals surface area contributed by atoms with Crippen molar-refractivity contribution >= 4 is 23.2 Å². The molecule has 5 nitrogen and oxygen atoms in total. The molecule has 0 bridgehead atoms. The maximum absolute atomic E-state index is 6.20. The molecule has 136 valence electrons. The number of halogens is 2. The van der Waals surface area contributed by atoms with Gasteiger partial charge in [0.2, 0.25) is 11.8 Å². The van der Waals surface area contributed by atoms with E-state index in [9.17, 15) is 0 Å². The van der Waals surface area contributed by atoms with Gasteiger partial charge in [-0.15, -0.1) is 10.2 Å². The standard InChI is InChI=1S/C18H23Cl2N3O2/c1-12(2)11-24-14-5-7-23(8-6-14)10-17-21-22-18(25-17)15-4-3-13(19)9-16(15)20/h3-4,9,12,14H,5-8,10-11H2,1-2H3. The average Bonchev–Trinajstić information content (AvgIpc) is 3.02. The summed E-state index contributed by atoms with van der Waals surface area (Å²) in [6.07, 6.45) is 2.44. The minimum atomic E-state index is 0.366. The molecule has 0 atom stereocenters. The fourth-order valence-corrected chi connectivity index (χ4v) is 3.33. The predicted molar refractivity (Wildman–Crippen MR) is 98.8 cm³/mol. The van der Waals surface area contributed by atoms with Crippen molar-refractivity contribution < 1.29 is 9.15 Å². The van der Waals surface area contributed by atoms with Crippen molar-refractivity contribution in [1.29, 1.82) is 0 Å². The van der Waals surface area contributed by atoms with Gasteiger partial charge in [-0.3, -0.25) is 4.90 Å². The molecule has 0 N–H and O–H groups in total. The van der Waals surface area contributed by atoms with E-state index >= 15 is 0 Å². The second kappa shape index (κ2) is 8.49. The van der Waals surface area contributed by atoms with Crippen LogP contribution >= 0.6 is 23.2 Å². The van der Waals surface area contributed by atoms with E-state index < -0.39 is 0 Å². The summed E-state index contributed by atoms with van der Waals surface area (Å²) in [5.41, 5.74) is 0.700. The summed E-state index contributed by atoms with van der Waals surface area (Å²) in [5.74, 6) is 1.60. The third-order valence-corrected chi connectivity index (χ3v) is 4.73. The van der Waals surface area contributed by atoms with E-state index in [1.807, 2.05) is 0 Å². The molecule has 0 spiro atoms. The Morgan fingerprint density at radius 2 is 2.00 bits per heavy atom. The van der Waals surface area contributed by atoms with E-state index in [0.717, 1.165) is 32.5 Å². The van der Waals surface area contributed by atoms with Crippen molar-refractivity contribution in [2.75, 3.05) is 19.7 Å². The van der Waals surface area contributed by atoms with Crippen LogP contribution in [0.5, 0.6) is 0 Å². The van der Waals surface area contributed by atoms with E-state index in [4.69, 9.17) is 32.4 Å². The van der Waals surface area contributed by atoms with Gasteiger partial charge >= 0.3 is 0 Å². The van der Waals surface area contributed by atoms with Crippen LogP contribution in [-0.4, -0.2) is 40.9 Å². The molecular weight excluding hydrogens is 361 g/mol. The Kier molecular flexibility index (Phi) is 6.34. The van der Waals surface area contributed by atoms with Crippen LogP contribution in [0, 0.1) is 5.92 Å². The molecule has 25 heavy (non-hydrogen) atoms. The van der Waals surface area contributed by atoms with Gasteiger partial charge in [-0.25, -0.2) is 0 Å². The van der Waals surface area contributed by atoms with Gasteiger partial charge in [0.1, 0.15) is 0 Å². The number of aromatic nitrogens is 2. The van der Waals surface area contributed by atoms with Crippen LogP contribution in [0.25, 0.3) is 11.5 Å². The maximum atomic E-state index is 6.20. The lowest BCUT2D eigenvalue weighted by Gasteiger charge is -2.31. The molecule has 0 amide bonds.